The maximum absolute atomic E-state index is 12.4. The van der Waals surface area contributed by atoms with Gasteiger partial charge in [-0.1, -0.05) is 46.3 Å². The molecular weight excluding hydrogens is 384 g/mol. The van der Waals surface area contributed by atoms with Gasteiger partial charge in [0.15, 0.2) is 0 Å². The first kappa shape index (κ1) is 17.5. The van der Waals surface area contributed by atoms with Gasteiger partial charge < -0.3 is 4.90 Å². The summed E-state index contributed by atoms with van der Waals surface area (Å²) in [5, 5.41) is 0. The quantitative estimate of drug-likeness (QED) is 0.706. The molecule has 1 heterocycles. The smallest absolute Gasteiger partial charge is 0.233 e. The Balaban J connectivity index is 1.42. The van der Waals surface area contributed by atoms with E-state index < -0.39 is 0 Å². The van der Waals surface area contributed by atoms with Crippen molar-refractivity contribution in [2.75, 3.05) is 31.9 Å². The molecular formula is C19H21BrN2OS. The molecule has 24 heavy (non-hydrogen) atoms. The second kappa shape index (κ2) is 8.70. The fourth-order valence-electron chi connectivity index (χ4n) is 2.76. The number of halogens is 1. The molecule has 0 bridgehead atoms. The summed E-state index contributed by atoms with van der Waals surface area (Å²) in [4.78, 5) is 17.9. The van der Waals surface area contributed by atoms with Gasteiger partial charge >= 0.3 is 0 Å². The Labute approximate surface area is 156 Å². The third kappa shape index (κ3) is 5.10. The van der Waals surface area contributed by atoms with Crippen molar-refractivity contribution in [1.82, 2.24) is 9.80 Å². The summed E-state index contributed by atoms with van der Waals surface area (Å²) >= 11 is 5.04. The number of thioether (sulfide) groups is 1. The van der Waals surface area contributed by atoms with Crippen LogP contribution in [0, 0.1) is 0 Å². The van der Waals surface area contributed by atoms with Crippen molar-refractivity contribution in [3.63, 3.8) is 0 Å². The monoisotopic (exact) mass is 404 g/mol. The first-order valence-corrected chi connectivity index (χ1v) is 9.91. The zero-order valence-electron chi connectivity index (χ0n) is 13.5. The number of carbonyl (C=O) groups excluding carboxylic acids is 1. The van der Waals surface area contributed by atoms with E-state index in [0.717, 1.165) is 42.1 Å². The summed E-state index contributed by atoms with van der Waals surface area (Å²) < 4.78 is 1.06. The molecule has 0 saturated carbocycles. The Kier molecular flexibility index (Phi) is 6.35. The van der Waals surface area contributed by atoms with Crippen molar-refractivity contribution in [2.24, 2.45) is 0 Å². The van der Waals surface area contributed by atoms with Crippen molar-refractivity contribution in [2.45, 2.75) is 11.4 Å². The lowest BCUT2D eigenvalue weighted by molar-refractivity contribution is -0.130. The second-order valence-electron chi connectivity index (χ2n) is 5.89. The fourth-order valence-corrected chi connectivity index (χ4v) is 3.83. The predicted octanol–water partition coefficient (Wildman–Crippen LogP) is 3.89. The topological polar surface area (TPSA) is 23.6 Å². The molecule has 1 amide bonds. The minimum absolute atomic E-state index is 0.238. The van der Waals surface area contributed by atoms with Crippen LogP contribution in [-0.4, -0.2) is 47.6 Å². The Hall–Kier alpha value is -1.30. The molecule has 1 aliphatic rings. The van der Waals surface area contributed by atoms with Gasteiger partial charge in [0, 0.05) is 42.1 Å². The summed E-state index contributed by atoms with van der Waals surface area (Å²) in [5.74, 6) is 0.752. The number of piperazine rings is 1. The van der Waals surface area contributed by atoms with Crippen LogP contribution >= 0.6 is 27.7 Å². The van der Waals surface area contributed by atoms with E-state index in [1.165, 1.54) is 5.56 Å². The molecule has 3 nitrogen and oxygen atoms in total. The van der Waals surface area contributed by atoms with Crippen molar-refractivity contribution in [1.29, 1.82) is 0 Å². The Morgan fingerprint density at radius 3 is 2.29 bits per heavy atom. The number of hydrogen-bond acceptors (Lipinski definition) is 3. The van der Waals surface area contributed by atoms with Crippen LogP contribution in [0.3, 0.4) is 0 Å². The highest BCUT2D eigenvalue weighted by atomic mass is 79.9. The summed E-state index contributed by atoms with van der Waals surface area (Å²) in [6.45, 7) is 4.52. The van der Waals surface area contributed by atoms with Gasteiger partial charge in [-0.25, -0.2) is 0 Å². The molecule has 0 N–H and O–H groups in total. The first-order chi connectivity index (χ1) is 11.7. The number of hydrogen-bond donors (Lipinski definition) is 0. The molecule has 0 aromatic heterocycles. The van der Waals surface area contributed by atoms with Crippen molar-refractivity contribution < 1.29 is 4.79 Å². The van der Waals surface area contributed by atoms with Crippen LogP contribution in [0.15, 0.2) is 64.0 Å². The standard InChI is InChI=1S/C19H21BrN2OS/c20-17-6-8-18(9-7-17)24-15-19(23)22-12-10-21(11-13-22)14-16-4-2-1-3-5-16/h1-9H,10-15H2. The lowest BCUT2D eigenvalue weighted by atomic mass is 10.2. The molecule has 5 heteroatoms. The molecule has 0 radical (unpaired) electrons. The first-order valence-electron chi connectivity index (χ1n) is 8.13. The van der Waals surface area contributed by atoms with Crippen LogP contribution in [0.4, 0.5) is 0 Å². The average Bonchev–Trinajstić information content (AvgIpc) is 2.62. The third-order valence-electron chi connectivity index (χ3n) is 4.15. The predicted molar refractivity (Wildman–Crippen MR) is 103 cm³/mol. The van der Waals surface area contributed by atoms with Crippen LogP contribution in [0.2, 0.25) is 0 Å². The minimum atomic E-state index is 0.238. The summed E-state index contributed by atoms with van der Waals surface area (Å²) in [6, 6.07) is 18.6. The summed E-state index contributed by atoms with van der Waals surface area (Å²) in [5.41, 5.74) is 1.34. The van der Waals surface area contributed by atoms with Crippen LogP contribution in [-0.2, 0) is 11.3 Å². The maximum Gasteiger partial charge on any atom is 0.233 e. The van der Waals surface area contributed by atoms with Gasteiger partial charge in [0.25, 0.3) is 0 Å². The van der Waals surface area contributed by atoms with Gasteiger partial charge in [0.1, 0.15) is 0 Å². The Morgan fingerprint density at radius 1 is 0.958 bits per heavy atom. The van der Waals surface area contributed by atoms with E-state index >= 15 is 0 Å². The SMILES string of the molecule is O=C(CSc1ccc(Br)cc1)N1CCN(Cc2ccccc2)CC1. The fraction of sp³-hybridized carbons (Fsp3) is 0.316. The second-order valence-corrected chi connectivity index (χ2v) is 7.85. The van der Waals surface area contributed by atoms with Gasteiger partial charge in [0.05, 0.1) is 5.75 Å². The van der Waals surface area contributed by atoms with Crippen LogP contribution in [0.1, 0.15) is 5.56 Å². The van der Waals surface area contributed by atoms with Gasteiger partial charge in [-0.2, -0.15) is 0 Å². The van der Waals surface area contributed by atoms with E-state index in [4.69, 9.17) is 0 Å². The molecule has 3 rings (SSSR count). The molecule has 0 aliphatic carbocycles. The van der Waals surface area contributed by atoms with Crippen LogP contribution < -0.4 is 0 Å². The molecule has 0 atom stereocenters. The number of carbonyl (C=O) groups is 1. The number of amides is 1. The van der Waals surface area contributed by atoms with Crippen molar-refractivity contribution >= 4 is 33.6 Å². The summed E-state index contributed by atoms with van der Waals surface area (Å²) in [6.07, 6.45) is 0. The molecule has 1 saturated heterocycles. The average molecular weight is 405 g/mol. The van der Waals surface area contributed by atoms with E-state index in [9.17, 15) is 4.79 Å². The summed E-state index contributed by atoms with van der Waals surface area (Å²) in [7, 11) is 0. The number of benzene rings is 2. The highest BCUT2D eigenvalue weighted by Crippen LogP contribution is 2.21. The number of rotatable bonds is 5. The zero-order chi connectivity index (χ0) is 16.8. The normalized spacial score (nSPS) is 15.5. The highest BCUT2D eigenvalue weighted by molar-refractivity contribution is 9.10. The van der Waals surface area contributed by atoms with E-state index in [1.54, 1.807) is 11.8 Å². The lowest BCUT2D eigenvalue weighted by Gasteiger charge is -2.34. The molecule has 126 valence electrons. The Morgan fingerprint density at radius 2 is 1.62 bits per heavy atom. The van der Waals surface area contributed by atoms with Crippen LogP contribution in [0.25, 0.3) is 0 Å². The zero-order valence-corrected chi connectivity index (χ0v) is 15.9. The molecule has 0 unspecified atom stereocenters. The van der Waals surface area contributed by atoms with Gasteiger partial charge in [-0.3, -0.25) is 9.69 Å². The maximum atomic E-state index is 12.4. The van der Waals surface area contributed by atoms with Crippen LogP contribution in [0.5, 0.6) is 0 Å². The van der Waals surface area contributed by atoms with E-state index in [1.807, 2.05) is 35.2 Å². The highest BCUT2D eigenvalue weighted by Gasteiger charge is 2.21. The minimum Gasteiger partial charge on any atom is -0.339 e. The van der Waals surface area contributed by atoms with Gasteiger partial charge in [0.2, 0.25) is 5.91 Å². The lowest BCUT2D eigenvalue weighted by Crippen LogP contribution is -2.48. The largest absolute Gasteiger partial charge is 0.339 e. The number of nitrogens with zero attached hydrogens (tertiary/aromatic N) is 2. The van der Waals surface area contributed by atoms with Gasteiger partial charge in [-0.15, -0.1) is 11.8 Å². The van der Waals surface area contributed by atoms with E-state index in [0.29, 0.717) is 5.75 Å². The van der Waals surface area contributed by atoms with Gasteiger partial charge in [-0.05, 0) is 29.8 Å². The van der Waals surface area contributed by atoms with E-state index in [2.05, 4.69) is 45.1 Å². The van der Waals surface area contributed by atoms with Crippen molar-refractivity contribution in [3.05, 3.63) is 64.6 Å². The molecule has 1 fully saturated rings. The molecule has 2 aromatic rings. The molecule has 0 spiro atoms. The third-order valence-corrected chi connectivity index (χ3v) is 5.68. The Bertz CT molecular complexity index is 655. The van der Waals surface area contributed by atoms with E-state index in [-0.39, 0.29) is 5.91 Å². The molecule has 2 aromatic carbocycles. The van der Waals surface area contributed by atoms with Crippen molar-refractivity contribution in [3.8, 4) is 0 Å². The molecule has 1 aliphatic heterocycles.